The zero-order chi connectivity index (χ0) is 23.2. The van der Waals surface area contributed by atoms with Crippen molar-refractivity contribution in [1.82, 2.24) is 9.97 Å². The number of H-pyrrole nitrogens is 1. The second-order valence-electron chi connectivity index (χ2n) is 8.33. The first kappa shape index (κ1) is 22.0. The van der Waals surface area contributed by atoms with E-state index in [1.54, 1.807) is 30.3 Å². The van der Waals surface area contributed by atoms with Crippen LogP contribution in [0.2, 0.25) is 10.0 Å². The summed E-state index contributed by atoms with van der Waals surface area (Å²) in [6, 6.07) is 18.0. The van der Waals surface area contributed by atoms with Crippen LogP contribution < -0.4 is 0 Å². The Balaban J connectivity index is 1.45. The average molecular weight is 496 g/mol. The van der Waals surface area contributed by atoms with Crippen molar-refractivity contribution in [1.29, 1.82) is 5.26 Å². The Morgan fingerprint density at radius 2 is 1.82 bits per heavy atom. The number of aromatic amines is 1. The van der Waals surface area contributed by atoms with Gasteiger partial charge in [-0.25, -0.2) is 13.4 Å². The summed E-state index contributed by atoms with van der Waals surface area (Å²) in [5.74, 6) is 1.22. The molecule has 33 heavy (non-hydrogen) atoms. The summed E-state index contributed by atoms with van der Waals surface area (Å²) >= 11 is 13.2. The quantitative estimate of drug-likeness (QED) is 0.345. The Morgan fingerprint density at radius 3 is 2.52 bits per heavy atom. The fraction of sp³-hybridized carbons (Fsp3) is 0.200. The van der Waals surface area contributed by atoms with E-state index in [1.165, 1.54) is 0 Å². The SMILES string of the molecule is N#Cc1ccccc1-c1c(Cl)cc2[nH]c(Cc3ccc(S(=O)(=O)CC4CC4)cc3)nc2c1Cl. The Kier molecular flexibility index (Phi) is 5.65. The van der Waals surface area contributed by atoms with Gasteiger partial charge in [-0.3, -0.25) is 0 Å². The van der Waals surface area contributed by atoms with Gasteiger partial charge >= 0.3 is 0 Å². The number of nitrogens with zero attached hydrogens (tertiary/aromatic N) is 2. The average Bonchev–Trinajstić information content (AvgIpc) is 3.51. The van der Waals surface area contributed by atoms with Crippen LogP contribution in [0.3, 0.4) is 0 Å². The third-order valence-corrected chi connectivity index (χ3v) is 8.41. The lowest BCUT2D eigenvalue weighted by atomic mass is 10.00. The molecule has 0 atom stereocenters. The summed E-state index contributed by atoms with van der Waals surface area (Å²) in [6.07, 6.45) is 2.48. The van der Waals surface area contributed by atoms with Crippen LogP contribution in [0, 0.1) is 17.2 Å². The van der Waals surface area contributed by atoms with Crippen LogP contribution in [0.4, 0.5) is 0 Å². The largest absolute Gasteiger partial charge is 0.342 e. The fourth-order valence-corrected chi connectivity index (χ4v) is 6.36. The van der Waals surface area contributed by atoms with E-state index in [1.807, 2.05) is 24.3 Å². The Labute approximate surface area is 201 Å². The van der Waals surface area contributed by atoms with Crippen molar-refractivity contribution >= 4 is 44.1 Å². The minimum atomic E-state index is -3.23. The van der Waals surface area contributed by atoms with E-state index < -0.39 is 9.84 Å². The first-order valence-electron chi connectivity index (χ1n) is 10.5. The standard InChI is InChI=1S/C25H19Cl2N3O2S/c26-20-12-21-25(24(27)23(20)19-4-2-1-3-17(19)13-28)30-22(29-21)11-15-7-9-18(10-8-15)33(31,32)14-16-5-6-16/h1-4,7-10,12,16H,5-6,11,14H2,(H,29,30). The zero-order valence-corrected chi connectivity index (χ0v) is 19.8. The van der Waals surface area contributed by atoms with Crippen molar-refractivity contribution in [2.45, 2.75) is 24.2 Å². The minimum Gasteiger partial charge on any atom is -0.342 e. The lowest BCUT2D eigenvalue weighted by molar-refractivity contribution is 0.592. The van der Waals surface area contributed by atoms with Crippen LogP contribution >= 0.6 is 23.2 Å². The molecular weight excluding hydrogens is 477 g/mol. The molecule has 0 radical (unpaired) electrons. The van der Waals surface area contributed by atoms with Gasteiger partial charge in [-0.2, -0.15) is 5.26 Å². The molecule has 0 amide bonds. The molecular formula is C25H19Cl2N3O2S. The number of fused-ring (bicyclic) bond motifs is 1. The van der Waals surface area contributed by atoms with Gasteiger partial charge in [0, 0.05) is 17.5 Å². The molecule has 1 heterocycles. The predicted molar refractivity (Wildman–Crippen MR) is 130 cm³/mol. The lowest BCUT2D eigenvalue weighted by Crippen LogP contribution is -2.08. The summed E-state index contributed by atoms with van der Waals surface area (Å²) in [7, 11) is -3.23. The van der Waals surface area contributed by atoms with Gasteiger partial charge in [0.1, 0.15) is 11.3 Å². The first-order chi connectivity index (χ1) is 15.9. The van der Waals surface area contributed by atoms with E-state index >= 15 is 0 Å². The summed E-state index contributed by atoms with van der Waals surface area (Å²) in [5, 5.41) is 10.3. The smallest absolute Gasteiger partial charge is 0.178 e. The van der Waals surface area contributed by atoms with Crippen molar-refractivity contribution < 1.29 is 8.42 Å². The van der Waals surface area contributed by atoms with Gasteiger partial charge in [0.2, 0.25) is 0 Å². The van der Waals surface area contributed by atoms with Crippen LogP contribution in [0.1, 0.15) is 29.8 Å². The maximum Gasteiger partial charge on any atom is 0.178 e. The monoisotopic (exact) mass is 495 g/mol. The summed E-state index contributed by atoms with van der Waals surface area (Å²) in [5.41, 5.74) is 3.91. The number of benzene rings is 3. The van der Waals surface area contributed by atoms with E-state index in [2.05, 4.69) is 16.0 Å². The zero-order valence-electron chi connectivity index (χ0n) is 17.5. The van der Waals surface area contributed by atoms with E-state index in [0.29, 0.717) is 60.8 Å². The highest BCUT2D eigenvalue weighted by molar-refractivity contribution is 7.91. The number of rotatable bonds is 6. The predicted octanol–water partition coefficient (Wildman–Crippen LogP) is 6.18. The second kappa shape index (κ2) is 8.49. The minimum absolute atomic E-state index is 0.229. The molecule has 1 fully saturated rings. The Morgan fingerprint density at radius 1 is 1.09 bits per heavy atom. The number of aromatic nitrogens is 2. The molecule has 5 nitrogen and oxygen atoms in total. The molecule has 3 aromatic carbocycles. The van der Waals surface area contributed by atoms with Crippen molar-refractivity contribution in [3.05, 3.63) is 81.6 Å². The third-order valence-electron chi connectivity index (χ3n) is 5.84. The Hall–Kier alpha value is -2.85. The molecule has 4 aromatic rings. The molecule has 1 aliphatic carbocycles. The molecule has 166 valence electrons. The van der Waals surface area contributed by atoms with Gasteiger partial charge < -0.3 is 4.98 Å². The highest BCUT2D eigenvalue weighted by atomic mass is 35.5. The van der Waals surface area contributed by atoms with Crippen molar-refractivity contribution in [2.24, 2.45) is 5.92 Å². The van der Waals surface area contributed by atoms with E-state index in [0.717, 1.165) is 18.4 Å². The lowest BCUT2D eigenvalue weighted by Gasteiger charge is -2.09. The summed E-state index contributed by atoms with van der Waals surface area (Å²) in [4.78, 5) is 8.27. The Bertz CT molecular complexity index is 1520. The number of nitriles is 1. The molecule has 0 unspecified atom stereocenters. The highest BCUT2D eigenvalue weighted by Crippen LogP contribution is 2.40. The maximum absolute atomic E-state index is 12.5. The summed E-state index contributed by atoms with van der Waals surface area (Å²) < 4.78 is 24.9. The van der Waals surface area contributed by atoms with Gasteiger partial charge in [-0.1, -0.05) is 53.5 Å². The van der Waals surface area contributed by atoms with Crippen molar-refractivity contribution in [3.8, 4) is 17.2 Å². The molecule has 0 saturated heterocycles. The van der Waals surface area contributed by atoms with E-state index in [4.69, 9.17) is 23.2 Å². The number of nitrogens with one attached hydrogen (secondary N) is 1. The van der Waals surface area contributed by atoms with Gasteiger partial charge in [0.05, 0.1) is 37.8 Å². The van der Waals surface area contributed by atoms with Crippen LogP contribution in [0.15, 0.2) is 59.5 Å². The van der Waals surface area contributed by atoms with Crippen LogP contribution in [0.5, 0.6) is 0 Å². The number of hydrogen-bond donors (Lipinski definition) is 1. The van der Waals surface area contributed by atoms with Gasteiger partial charge in [0.25, 0.3) is 0 Å². The van der Waals surface area contributed by atoms with Crippen LogP contribution in [-0.4, -0.2) is 24.1 Å². The molecule has 1 N–H and O–H groups in total. The molecule has 1 saturated carbocycles. The molecule has 5 rings (SSSR count). The van der Waals surface area contributed by atoms with Gasteiger partial charge in [-0.15, -0.1) is 0 Å². The van der Waals surface area contributed by atoms with Gasteiger partial charge in [0.15, 0.2) is 9.84 Å². The van der Waals surface area contributed by atoms with Gasteiger partial charge in [-0.05, 0) is 48.6 Å². The van der Waals surface area contributed by atoms with E-state index in [-0.39, 0.29) is 5.75 Å². The maximum atomic E-state index is 12.5. The molecule has 1 aliphatic rings. The molecule has 1 aromatic heterocycles. The normalized spacial score (nSPS) is 13.8. The molecule has 0 aliphatic heterocycles. The van der Waals surface area contributed by atoms with Crippen molar-refractivity contribution in [2.75, 3.05) is 5.75 Å². The third kappa shape index (κ3) is 4.37. The fourth-order valence-electron chi connectivity index (χ4n) is 3.96. The van der Waals surface area contributed by atoms with E-state index in [9.17, 15) is 13.7 Å². The summed E-state index contributed by atoms with van der Waals surface area (Å²) in [6.45, 7) is 0. The molecule has 0 spiro atoms. The van der Waals surface area contributed by atoms with Crippen LogP contribution in [0.25, 0.3) is 22.2 Å². The number of sulfone groups is 1. The van der Waals surface area contributed by atoms with Crippen molar-refractivity contribution in [3.63, 3.8) is 0 Å². The molecule has 0 bridgehead atoms. The number of hydrogen-bond acceptors (Lipinski definition) is 4. The number of imidazole rings is 1. The highest BCUT2D eigenvalue weighted by Gasteiger charge is 2.29. The van der Waals surface area contributed by atoms with Crippen LogP contribution in [-0.2, 0) is 16.3 Å². The first-order valence-corrected chi connectivity index (χ1v) is 12.9. The topological polar surface area (TPSA) is 86.6 Å². The molecule has 8 heteroatoms. The second-order valence-corrected chi connectivity index (χ2v) is 11.1. The number of halogens is 2.